The highest BCUT2D eigenvalue weighted by molar-refractivity contribution is 6.10. The fraction of sp³-hybridized carbons (Fsp3) is 0.0870. The molecule has 0 aliphatic rings. The lowest BCUT2D eigenvalue weighted by molar-refractivity contribution is 0.111. The third-order valence-electron chi connectivity index (χ3n) is 4.99. The van der Waals surface area contributed by atoms with Crippen molar-refractivity contribution in [3.63, 3.8) is 0 Å². The predicted octanol–water partition coefficient (Wildman–Crippen LogP) is 5.02. The number of nitrogens with one attached hydrogen (secondary N) is 1. The van der Waals surface area contributed by atoms with Crippen molar-refractivity contribution in [2.45, 2.75) is 6.61 Å². The van der Waals surface area contributed by atoms with Gasteiger partial charge in [-0.3, -0.25) is 9.78 Å². The lowest BCUT2D eigenvalue weighted by Crippen LogP contribution is -1.98. The van der Waals surface area contributed by atoms with Crippen LogP contribution in [0.3, 0.4) is 0 Å². The van der Waals surface area contributed by atoms with Crippen LogP contribution in [0.4, 0.5) is 0 Å². The van der Waals surface area contributed by atoms with Gasteiger partial charge >= 0.3 is 0 Å². The molecule has 0 spiro atoms. The Balaban J connectivity index is 1.68. The average molecular weight is 383 g/mol. The second-order valence-electron chi connectivity index (χ2n) is 6.73. The number of rotatable bonds is 5. The van der Waals surface area contributed by atoms with Gasteiger partial charge in [-0.25, -0.2) is 4.98 Å². The summed E-state index contributed by atoms with van der Waals surface area (Å²) in [6.45, 7) is 0.293. The highest BCUT2D eigenvalue weighted by Crippen LogP contribution is 2.34. The SMILES string of the molecule is COCc1c(C=O)ncc2[nH]c3ccc(Oc4nccc5ccccc45)cc3c12. The molecule has 0 saturated heterocycles. The molecule has 0 radical (unpaired) electrons. The number of methoxy groups -OCH3 is 1. The zero-order valence-electron chi connectivity index (χ0n) is 15.7. The van der Waals surface area contributed by atoms with Crippen LogP contribution in [-0.4, -0.2) is 28.3 Å². The molecule has 0 unspecified atom stereocenters. The number of carbonyl (C=O) groups excluding carboxylic acids is 1. The van der Waals surface area contributed by atoms with Crippen LogP contribution in [0.1, 0.15) is 16.1 Å². The Kier molecular flexibility index (Phi) is 4.18. The van der Waals surface area contributed by atoms with E-state index in [1.165, 1.54) is 0 Å². The van der Waals surface area contributed by atoms with Crippen LogP contribution in [0.15, 0.2) is 60.9 Å². The van der Waals surface area contributed by atoms with Crippen molar-refractivity contribution in [3.05, 3.63) is 72.2 Å². The highest BCUT2D eigenvalue weighted by atomic mass is 16.5. The van der Waals surface area contributed by atoms with Gasteiger partial charge in [0, 0.05) is 40.5 Å². The molecular formula is C23H17N3O3. The summed E-state index contributed by atoms with van der Waals surface area (Å²) in [6.07, 6.45) is 4.17. The zero-order valence-corrected chi connectivity index (χ0v) is 15.7. The maximum absolute atomic E-state index is 11.5. The number of benzene rings is 2. The molecular weight excluding hydrogens is 366 g/mol. The normalized spacial score (nSPS) is 11.3. The van der Waals surface area contributed by atoms with Gasteiger partial charge in [-0.05, 0) is 35.7 Å². The summed E-state index contributed by atoms with van der Waals surface area (Å²) in [4.78, 5) is 23.5. The third kappa shape index (κ3) is 2.90. The number of ether oxygens (including phenoxy) is 2. The van der Waals surface area contributed by atoms with Crippen LogP contribution >= 0.6 is 0 Å². The van der Waals surface area contributed by atoms with Gasteiger partial charge in [-0.2, -0.15) is 0 Å². The monoisotopic (exact) mass is 383 g/mol. The first-order valence-corrected chi connectivity index (χ1v) is 9.17. The maximum Gasteiger partial charge on any atom is 0.227 e. The number of aromatic nitrogens is 3. The van der Waals surface area contributed by atoms with E-state index in [1.54, 1.807) is 19.5 Å². The predicted molar refractivity (Wildman–Crippen MR) is 112 cm³/mol. The number of pyridine rings is 2. The lowest BCUT2D eigenvalue weighted by atomic mass is 10.1. The van der Waals surface area contributed by atoms with Crippen molar-refractivity contribution in [2.24, 2.45) is 0 Å². The molecule has 3 aromatic heterocycles. The molecule has 6 heteroatoms. The van der Waals surface area contributed by atoms with Crippen LogP contribution in [0.25, 0.3) is 32.6 Å². The molecule has 1 N–H and O–H groups in total. The van der Waals surface area contributed by atoms with E-state index in [1.807, 2.05) is 48.5 Å². The number of hydrogen-bond acceptors (Lipinski definition) is 5. The van der Waals surface area contributed by atoms with E-state index in [2.05, 4.69) is 15.0 Å². The molecule has 0 saturated carbocycles. The molecule has 0 aliphatic heterocycles. The molecule has 2 aromatic carbocycles. The van der Waals surface area contributed by atoms with Crippen molar-refractivity contribution in [2.75, 3.05) is 7.11 Å². The van der Waals surface area contributed by atoms with E-state index < -0.39 is 0 Å². The van der Waals surface area contributed by atoms with Crippen LogP contribution in [0, 0.1) is 0 Å². The highest BCUT2D eigenvalue weighted by Gasteiger charge is 2.15. The Morgan fingerprint density at radius 2 is 1.93 bits per heavy atom. The molecule has 142 valence electrons. The molecule has 0 bridgehead atoms. The zero-order chi connectivity index (χ0) is 19.8. The van der Waals surface area contributed by atoms with Crippen molar-refractivity contribution >= 4 is 38.9 Å². The van der Waals surface area contributed by atoms with E-state index in [4.69, 9.17) is 9.47 Å². The number of aldehydes is 1. The summed E-state index contributed by atoms with van der Waals surface area (Å²) in [7, 11) is 1.60. The maximum atomic E-state index is 11.5. The van der Waals surface area contributed by atoms with Gasteiger partial charge in [0.2, 0.25) is 5.88 Å². The van der Waals surface area contributed by atoms with E-state index in [0.29, 0.717) is 23.9 Å². The van der Waals surface area contributed by atoms with Gasteiger partial charge in [-0.15, -0.1) is 0 Å². The number of carbonyl (C=O) groups is 1. The average Bonchev–Trinajstić information content (AvgIpc) is 3.13. The van der Waals surface area contributed by atoms with E-state index in [-0.39, 0.29) is 0 Å². The van der Waals surface area contributed by atoms with Gasteiger partial charge in [0.05, 0.1) is 18.3 Å². The third-order valence-corrected chi connectivity index (χ3v) is 4.99. The van der Waals surface area contributed by atoms with Gasteiger partial charge < -0.3 is 14.5 Å². The van der Waals surface area contributed by atoms with Crippen molar-refractivity contribution in [3.8, 4) is 11.6 Å². The molecule has 5 aromatic rings. The van der Waals surface area contributed by atoms with Crippen LogP contribution < -0.4 is 4.74 Å². The number of aromatic amines is 1. The quantitative estimate of drug-likeness (QED) is 0.432. The molecule has 3 heterocycles. The van der Waals surface area contributed by atoms with Gasteiger partial charge in [0.25, 0.3) is 0 Å². The molecule has 0 aliphatic carbocycles. The fourth-order valence-corrected chi connectivity index (χ4v) is 3.69. The van der Waals surface area contributed by atoms with Crippen molar-refractivity contribution in [1.82, 2.24) is 15.0 Å². The van der Waals surface area contributed by atoms with Crippen molar-refractivity contribution in [1.29, 1.82) is 0 Å². The largest absolute Gasteiger partial charge is 0.438 e. The Hall–Kier alpha value is -3.77. The first-order chi connectivity index (χ1) is 14.3. The van der Waals surface area contributed by atoms with Crippen molar-refractivity contribution < 1.29 is 14.3 Å². The van der Waals surface area contributed by atoms with Gasteiger partial charge in [0.1, 0.15) is 11.4 Å². The van der Waals surface area contributed by atoms with E-state index in [0.717, 1.165) is 44.4 Å². The van der Waals surface area contributed by atoms with Crippen LogP contribution in [-0.2, 0) is 11.3 Å². The molecule has 6 nitrogen and oxygen atoms in total. The second-order valence-corrected chi connectivity index (χ2v) is 6.73. The second kappa shape index (κ2) is 7.00. The fourth-order valence-electron chi connectivity index (χ4n) is 3.69. The summed E-state index contributed by atoms with van der Waals surface area (Å²) < 4.78 is 11.4. The molecule has 29 heavy (non-hydrogen) atoms. The summed E-state index contributed by atoms with van der Waals surface area (Å²) >= 11 is 0. The smallest absolute Gasteiger partial charge is 0.227 e. The Labute approximate surface area is 166 Å². The molecule has 0 amide bonds. The van der Waals surface area contributed by atoms with Crippen LogP contribution in [0.2, 0.25) is 0 Å². The van der Waals surface area contributed by atoms with Gasteiger partial charge in [0.15, 0.2) is 6.29 Å². The van der Waals surface area contributed by atoms with E-state index >= 15 is 0 Å². The summed E-state index contributed by atoms with van der Waals surface area (Å²) in [5.74, 6) is 1.21. The molecule has 0 fully saturated rings. The molecule has 5 rings (SSSR count). The molecule has 0 atom stereocenters. The standard InChI is InChI=1S/C23H17N3O3/c1-28-13-18-21(12-27)25-11-20-22(18)17-10-15(6-7-19(17)26-20)29-23-16-5-3-2-4-14(16)8-9-24-23/h2-12,26H,13H2,1H3. The number of hydrogen-bond donors (Lipinski definition) is 1. The number of H-pyrrole nitrogens is 1. The summed E-state index contributed by atoms with van der Waals surface area (Å²) in [6, 6.07) is 15.7. The Morgan fingerprint density at radius 3 is 2.79 bits per heavy atom. The number of nitrogens with zero attached hydrogens (tertiary/aromatic N) is 2. The topological polar surface area (TPSA) is 77.1 Å². The first-order valence-electron chi connectivity index (χ1n) is 9.17. The van der Waals surface area contributed by atoms with Gasteiger partial charge in [-0.1, -0.05) is 18.2 Å². The minimum atomic E-state index is 0.293. The lowest BCUT2D eigenvalue weighted by Gasteiger charge is -2.09. The summed E-state index contributed by atoms with van der Waals surface area (Å²) in [5.41, 5.74) is 2.91. The van der Waals surface area contributed by atoms with Crippen LogP contribution in [0.5, 0.6) is 11.6 Å². The Morgan fingerprint density at radius 1 is 1.03 bits per heavy atom. The Bertz CT molecular complexity index is 1370. The number of fused-ring (bicyclic) bond motifs is 4. The first kappa shape index (κ1) is 17.3. The minimum absolute atomic E-state index is 0.293. The summed E-state index contributed by atoms with van der Waals surface area (Å²) in [5, 5.41) is 3.86. The minimum Gasteiger partial charge on any atom is -0.438 e. The van der Waals surface area contributed by atoms with E-state index in [9.17, 15) is 4.79 Å².